The number of nitro groups is 2. The highest BCUT2D eigenvalue weighted by atomic mass is 32.1. The first-order chi connectivity index (χ1) is 23.2. The molecule has 0 aliphatic carbocycles. The first-order valence-electron chi connectivity index (χ1n) is 13.8. The third kappa shape index (κ3) is 6.46. The number of rotatable bonds is 8. The zero-order valence-corrected chi connectivity index (χ0v) is 25.1. The lowest BCUT2D eigenvalue weighted by Gasteiger charge is -2.13. The average molecular weight is 667 g/mol. The first-order valence-corrected chi connectivity index (χ1v) is 14.2. The van der Waals surface area contributed by atoms with Gasteiger partial charge in [-0.05, 0) is 72.9 Å². The van der Waals surface area contributed by atoms with E-state index in [2.05, 4.69) is 42.5 Å². The van der Waals surface area contributed by atoms with Gasteiger partial charge in [-0.2, -0.15) is 19.6 Å². The number of carbonyl (C=O) groups excluding carboxylic acids is 2. The van der Waals surface area contributed by atoms with Gasteiger partial charge < -0.3 is 10.6 Å². The highest BCUT2D eigenvalue weighted by molar-refractivity contribution is 7.80. The molecule has 0 fully saturated rings. The molecule has 0 saturated heterocycles. The lowest BCUT2D eigenvalue weighted by Crippen LogP contribution is -2.34. The number of non-ortho nitro benzene ring substituents is 2. The Bertz CT molecular complexity index is 2060. The molecule has 0 spiro atoms. The number of benzene rings is 4. The van der Waals surface area contributed by atoms with Crippen molar-refractivity contribution >= 4 is 85.3 Å². The van der Waals surface area contributed by atoms with Gasteiger partial charge in [-0.15, -0.1) is 0 Å². The van der Waals surface area contributed by atoms with E-state index in [1.54, 1.807) is 60.7 Å². The molecule has 2 heterocycles. The van der Waals surface area contributed by atoms with Gasteiger partial charge in [0.1, 0.15) is 0 Å². The van der Waals surface area contributed by atoms with E-state index >= 15 is 0 Å². The molecule has 0 bridgehead atoms. The number of aromatic nitrogens is 4. The second kappa shape index (κ2) is 13.1. The van der Waals surface area contributed by atoms with Gasteiger partial charge in [0.25, 0.3) is 11.4 Å². The number of hydrogen-bond acceptors (Lipinski definition) is 11. The van der Waals surface area contributed by atoms with Gasteiger partial charge >= 0.3 is 12.1 Å². The SMILES string of the molecule is O=C(NNc1ccc(NC(=S)Nc2ccc(NNC(=O)n3ncc4c([N+](=O)[O-])cccc43)cc2)cc1)n1ncc2c([N+](=O)[O-])cccc21. The highest BCUT2D eigenvalue weighted by Gasteiger charge is 2.19. The van der Waals surface area contributed by atoms with Crippen LogP contribution in [0.5, 0.6) is 0 Å². The van der Waals surface area contributed by atoms with Crippen LogP contribution in [0.4, 0.5) is 43.7 Å². The second-order valence-electron chi connectivity index (χ2n) is 9.89. The molecule has 0 aliphatic heterocycles. The summed E-state index contributed by atoms with van der Waals surface area (Å²) in [6, 6.07) is 21.2. The Labute approximate surface area is 274 Å². The van der Waals surface area contributed by atoms with Gasteiger partial charge in [0, 0.05) is 23.5 Å². The number of nitrogens with one attached hydrogen (secondary N) is 6. The second-order valence-corrected chi connectivity index (χ2v) is 10.3. The number of anilines is 4. The molecule has 6 aromatic rings. The lowest BCUT2D eigenvalue weighted by molar-refractivity contribution is -0.383. The van der Waals surface area contributed by atoms with Gasteiger partial charge in [0.05, 0.1) is 55.4 Å². The fourth-order valence-corrected chi connectivity index (χ4v) is 4.87. The molecular formula is C29H22N12O6S. The summed E-state index contributed by atoms with van der Waals surface area (Å²) in [5.74, 6) is 0. The fourth-order valence-electron chi connectivity index (χ4n) is 4.64. The third-order valence-corrected chi connectivity index (χ3v) is 7.08. The monoisotopic (exact) mass is 666 g/mol. The van der Waals surface area contributed by atoms with E-state index in [0.29, 0.717) is 27.9 Å². The Balaban J connectivity index is 0.977. The smallest absolute Gasteiger partial charge is 0.332 e. The standard InChI is InChI=1S/C29H22N12O6S/c42-28(38-23-3-1-5-25(40(44)45)21(23)15-30-38)36-34-19-11-7-17(8-12-19)32-27(48)33-18-9-13-20(14-10-18)35-37-29(43)39-24-4-2-6-26(41(46)47)22(24)16-31-39/h1-16,34-35H,(H,36,42)(H,37,43)(H2,32,33,48). The number of hydrazine groups is 2. The lowest BCUT2D eigenvalue weighted by atomic mass is 10.2. The topological polar surface area (TPSA) is 228 Å². The molecule has 0 saturated carbocycles. The molecule has 19 heteroatoms. The van der Waals surface area contributed by atoms with E-state index in [0.717, 1.165) is 9.36 Å². The van der Waals surface area contributed by atoms with Gasteiger partial charge in [0.2, 0.25) is 0 Å². The maximum atomic E-state index is 12.6. The van der Waals surface area contributed by atoms with Crippen LogP contribution in [0.15, 0.2) is 97.3 Å². The fraction of sp³-hybridized carbons (Fsp3) is 0. The van der Waals surface area contributed by atoms with Crippen molar-refractivity contribution in [1.82, 2.24) is 30.4 Å². The molecule has 0 radical (unpaired) electrons. The van der Waals surface area contributed by atoms with Gasteiger partial charge in [-0.3, -0.25) is 31.1 Å². The predicted octanol–water partition coefficient (Wildman–Crippen LogP) is 5.18. The molecule has 4 aromatic carbocycles. The number of amides is 2. The summed E-state index contributed by atoms with van der Waals surface area (Å²) < 4.78 is 2.04. The van der Waals surface area contributed by atoms with E-state index < -0.39 is 21.9 Å². The number of nitrogens with zero attached hydrogens (tertiary/aromatic N) is 6. The van der Waals surface area contributed by atoms with Crippen molar-refractivity contribution in [3.8, 4) is 0 Å². The summed E-state index contributed by atoms with van der Waals surface area (Å²) in [5.41, 5.74) is 13.2. The van der Waals surface area contributed by atoms with Crippen molar-refractivity contribution in [3.05, 3.63) is 118 Å². The zero-order valence-electron chi connectivity index (χ0n) is 24.3. The quantitative estimate of drug-likeness (QED) is 0.0700. The van der Waals surface area contributed by atoms with Gasteiger partial charge in [0.15, 0.2) is 5.11 Å². The molecule has 2 amide bonds. The van der Waals surface area contributed by atoms with Crippen LogP contribution in [-0.4, -0.2) is 46.6 Å². The van der Waals surface area contributed by atoms with Crippen molar-refractivity contribution in [2.45, 2.75) is 0 Å². The summed E-state index contributed by atoms with van der Waals surface area (Å²) in [5, 5.41) is 37.3. The number of fused-ring (bicyclic) bond motifs is 2. The van der Waals surface area contributed by atoms with E-state index in [1.165, 1.54) is 36.7 Å². The predicted molar refractivity (Wildman–Crippen MR) is 181 cm³/mol. The Kier molecular flexibility index (Phi) is 8.40. The maximum absolute atomic E-state index is 12.6. The minimum absolute atomic E-state index is 0.149. The average Bonchev–Trinajstić information content (AvgIpc) is 3.72. The Morgan fingerprint density at radius 2 is 0.979 bits per heavy atom. The third-order valence-electron chi connectivity index (χ3n) is 6.87. The van der Waals surface area contributed by atoms with Crippen molar-refractivity contribution in [2.24, 2.45) is 0 Å². The molecule has 0 unspecified atom stereocenters. The van der Waals surface area contributed by atoms with Crippen LogP contribution >= 0.6 is 12.2 Å². The minimum atomic E-state index is -0.637. The molecule has 2 aromatic heterocycles. The highest BCUT2D eigenvalue weighted by Crippen LogP contribution is 2.26. The molecule has 0 atom stereocenters. The Morgan fingerprint density at radius 1 is 0.604 bits per heavy atom. The van der Waals surface area contributed by atoms with Gasteiger partial charge in [-0.25, -0.2) is 20.4 Å². The van der Waals surface area contributed by atoms with E-state index in [-0.39, 0.29) is 33.2 Å². The molecular weight excluding hydrogens is 644 g/mol. The molecule has 0 aliphatic rings. The molecule has 240 valence electrons. The number of hydrogen-bond donors (Lipinski definition) is 6. The van der Waals surface area contributed by atoms with E-state index in [1.807, 2.05) is 0 Å². The summed E-state index contributed by atoms with van der Waals surface area (Å²) in [6.45, 7) is 0. The summed E-state index contributed by atoms with van der Waals surface area (Å²) in [6.07, 6.45) is 2.53. The molecule has 48 heavy (non-hydrogen) atoms. The summed E-state index contributed by atoms with van der Waals surface area (Å²) >= 11 is 5.40. The van der Waals surface area contributed by atoms with Crippen LogP contribution in [0.1, 0.15) is 0 Å². The molecule has 6 rings (SSSR count). The van der Waals surface area contributed by atoms with Crippen molar-refractivity contribution < 1.29 is 19.4 Å². The normalized spacial score (nSPS) is 10.7. The molecule has 18 nitrogen and oxygen atoms in total. The Morgan fingerprint density at radius 3 is 1.35 bits per heavy atom. The van der Waals surface area contributed by atoms with Crippen LogP contribution in [0, 0.1) is 20.2 Å². The first kappa shape index (κ1) is 30.9. The summed E-state index contributed by atoms with van der Waals surface area (Å²) in [4.78, 5) is 46.7. The van der Waals surface area contributed by atoms with Crippen LogP contribution in [0.25, 0.3) is 21.8 Å². The largest absolute Gasteiger partial charge is 0.361 e. The maximum Gasteiger partial charge on any atom is 0.361 e. The number of thiocarbonyl (C=S) groups is 1. The van der Waals surface area contributed by atoms with E-state index in [9.17, 15) is 29.8 Å². The van der Waals surface area contributed by atoms with Gasteiger partial charge in [-0.1, -0.05) is 12.1 Å². The van der Waals surface area contributed by atoms with Crippen LogP contribution in [0.3, 0.4) is 0 Å². The van der Waals surface area contributed by atoms with Crippen LogP contribution in [-0.2, 0) is 0 Å². The van der Waals surface area contributed by atoms with E-state index in [4.69, 9.17) is 12.2 Å². The Hall–Kier alpha value is -7.15. The number of carbonyl (C=O) groups is 2. The number of nitro benzene ring substituents is 2. The zero-order chi connectivity index (χ0) is 33.8. The molecule has 6 N–H and O–H groups in total. The van der Waals surface area contributed by atoms with Crippen molar-refractivity contribution in [3.63, 3.8) is 0 Å². The summed E-state index contributed by atoms with van der Waals surface area (Å²) in [7, 11) is 0. The van der Waals surface area contributed by atoms with Crippen LogP contribution in [0.2, 0.25) is 0 Å². The van der Waals surface area contributed by atoms with Crippen molar-refractivity contribution in [1.29, 1.82) is 0 Å². The van der Waals surface area contributed by atoms with Crippen LogP contribution < -0.4 is 32.3 Å². The van der Waals surface area contributed by atoms with Crippen molar-refractivity contribution in [2.75, 3.05) is 21.5 Å². The minimum Gasteiger partial charge on any atom is -0.332 e.